The van der Waals surface area contributed by atoms with E-state index in [1.807, 2.05) is 36.4 Å². The van der Waals surface area contributed by atoms with Gasteiger partial charge < -0.3 is 0 Å². The summed E-state index contributed by atoms with van der Waals surface area (Å²) in [4.78, 5) is 10.0. The highest BCUT2D eigenvalue weighted by molar-refractivity contribution is 6.30. The molecule has 188 valence electrons. The fourth-order valence-electron chi connectivity index (χ4n) is 4.92. The molecule has 0 fully saturated rings. The molecule has 0 amide bonds. The molecule has 3 heteroatoms. The Bertz CT molecular complexity index is 1760. The standard InChI is InChI=1S/C36H27ClN2/c1-24-13-14-30(22-33(24)32-20-19-31(37)21-25(32)2)35-23-34(38-36(39-35)29-11-7-4-8-12-29)28-17-15-27(16-18-28)26-9-5-3-6-10-26/h3-23H,1-2H3. The lowest BCUT2D eigenvalue weighted by Crippen LogP contribution is -1.96. The van der Waals surface area contributed by atoms with Crippen LogP contribution >= 0.6 is 11.6 Å². The monoisotopic (exact) mass is 522 g/mol. The van der Waals surface area contributed by atoms with Gasteiger partial charge >= 0.3 is 0 Å². The Hall–Kier alpha value is -4.53. The number of halogens is 1. The maximum atomic E-state index is 6.25. The van der Waals surface area contributed by atoms with Gasteiger partial charge in [-0.25, -0.2) is 9.97 Å². The molecule has 0 N–H and O–H groups in total. The first-order chi connectivity index (χ1) is 19.0. The number of aryl methyl sites for hydroxylation is 2. The van der Waals surface area contributed by atoms with Gasteiger partial charge in [0.2, 0.25) is 0 Å². The molecular weight excluding hydrogens is 496 g/mol. The second kappa shape index (κ2) is 10.7. The van der Waals surface area contributed by atoms with E-state index in [-0.39, 0.29) is 0 Å². The van der Waals surface area contributed by atoms with Gasteiger partial charge in [-0.1, -0.05) is 115 Å². The summed E-state index contributed by atoms with van der Waals surface area (Å²) in [5, 5.41) is 0.747. The topological polar surface area (TPSA) is 25.8 Å². The number of rotatable bonds is 5. The largest absolute Gasteiger partial charge is 0.228 e. The van der Waals surface area contributed by atoms with Crippen molar-refractivity contribution in [3.8, 4) is 56.2 Å². The van der Waals surface area contributed by atoms with Crippen molar-refractivity contribution in [2.24, 2.45) is 0 Å². The van der Waals surface area contributed by atoms with Gasteiger partial charge in [-0.05, 0) is 71.5 Å². The van der Waals surface area contributed by atoms with Gasteiger partial charge in [-0.2, -0.15) is 0 Å². The summed E-state index contributed by atoms with van der Waals surface area (Å²) in [5.74, 6) is 0.708. The molecule has 5 aromatic carbocycles. The van der Waals surface area contributed by atoms with Crippen LogP contribution < -0.4 is 0 Å². The molecule has 0 bridgehead atoms. The lowest BCUT2D eigenvalue weighted by atomic mass is 9.94. The van der Waals surface area contributed by atoms with E-state index in [1.54, 1.807) is 0 Å². The number of hydrogen-bond donors (Lipinski definition) is 0. The highest BCUT2D eigenvalue weighted by Gasteiger charge is 2.13. The molecule has 6 rings (SSSR count). The predicted octanol–water partition coefficient (Wildman–Crippen LogP) is 10.1. The first-order valence-corrected chi connectivity index (χ1v) is 13.4. The number of hydrogen-bond acceptors (Lipinski definition) is 2. The van der Waals surface area contributed by atoms with Crippen LogP contribution in [0.15, 0.2) is 127 Å². The fraction of sp³-hybridized carbons (Fsp3) is 0.0556. The molecule has 0 unspecified atom stereocenters. The average molecular weight is 523 g/mol. The van der Waals surface area contributed by atoms with Gasteiger partial charge in [0, 0.05) is 21.7 Å². The minimum Gasteiger partial charge on any atom is -0.228 e. The summed E-state index contributed by atoms with van der Waals surface area (Å²) >= 11 is 6.25. The smallest absolute Gasteiger partial charge is 0.160 e. The van der Waals surface area contributed by atoms with E-state index in [4.69, 9.17) is 21.6 Å². The van der Waals surface area contributed by atoms with Gasteiger partial charge in [0.1, 0.15) is 0 Å². The van der Waals surface area contributed by atoms with Crippen LogP contribution in [0.2, 0.25) is 5.02 Å². The summed E-state index contributed by atoms with van der Waals surface area (Å²) in [6.45, 7) is 4.24. The molecule has 0 spiro atoms. The predicted molar refractivity (Wildman–Crippen MR) is 164 cm³/mol. The van der Waals surface area contributed by atoms with E-state index in [2.05, 4.69) is 105 Å². The Morgan fingerprint density at radius 1 is 0.436 bits per heavy atom. The average Bonchev–Trinajstić information content (AvgIpc) is 2.98. The summed E-state index contributed by atoms with van der Waals surface area (Å²) in [5.41, 5.74) is 11.9. The Morgan fingerprint density at radius 2 is 1.00 bits per heavy atom. The van der Waals surface area contributed by atoms with Crippen LogP contribution in [-0.2, 0) is 0 Å². The summed E-state index contributed by atoms with van der Waals surface area (Å²) < 4.78 is 0. The Labute approximate surface area is 234 Å². The van der Waals surface area contributed by atoms with Crippen LogP contribution in [0.4, 0.5) is 0 Å². The second-order valence-corrected chi connectivity index (χ2v) is 10.2. The van der Waals surface area contributed by atoms with Crippen molar-refractivity contribution in [1.29, 1.82) is 0 Å². The Balaban J connectivity index is 1.47. The molecule has 0 aliphatic carbocycles. The summed E-state index contributed by atoms with van der Waals surface area (Å²) in [6.07, 6.45) is 0. The maximum absolute atomic E-state index is 6.25. The first-order valence-electron chi connectivity index (χ1n) is 13.0. The van der Waals surface area contributed by atoms with Crippen LogP contribution in [-0.4, -0.2) is 9.97 Å². The third kappa shape index (κ3) is 5.25. The van der Waals surface area contributed by atoms with Gasteiger partial charge in [-0.3, -0.25) is 0 Å². The molecular formula is C36H27ClN2. The van der Waals surface area contributed by atoms with E-state index in [9.17, 15) is 0 Å². The van der Waals surface area contributed by atoms with Crippen molar-refractivity contribution in [3.05, 3.63) is 144 Å². The Morgan fingerprint density at radius 3 is 1.67 bits per heavy atom. The zero-order valence-corrected chi connectivity index (χ0v) is 22.7. The van der Waals surface area contributed by atoms with Gasteiger partial charge in [0.15, 0.2) is 5.82 Å². The number of aromatic nitrogens is 2. The highest BCUT2D eigenvalue weighted by Crippen LogP contribution is 2.34. The molecule has 0 radical (unpaired) electrons. The van der Waals surface area contributed by atoms with Crippen LogP contribution in [0.3, 0.4) is 0 Å². The Kier molecular flexibility index (Phi) is 6.79. The number of benzene rings is 5. The zero-order valence-electron chi connectivity index (χ0n) is 21.9. The lowest BCUT2D eigenvalue weighted by Gasteiger charge is -2.14. The minimum absolute atomic E-state index is 0.708. The van der Waals surface area contributed by atoms with Gasteiger partial charge in [-0.15, -0.1) is 0 Å². The first kappa shape index (κ1) is 24.8. The van der Waals surface area contributed by atoms with Crippen LogP contribution in [0.25, 0.3) is 56.2 Å². The third-order valence-corrected chi connectivity index (χ3v) is 7.29. The molecule has 2 nitrogen and oxygen atoms in total. The molecule has 0 aliphatic rings. The van der Waals surface area contributed by atoms with Crippen molar-refractivity contribution in [2.45, 2.75) is 13.8 Å². The van der Waals surface area contributed by atoms with Crippen molar-refractivity contribution >= 4 is 11.6 Å². The van der Waals surface area contributed by atoms with E-state index in [0.29, 0.717) is 5.82 Å². The normalized spacial score (nSPS) is 10.9. The van der Waals surface area contributed by atoms with Gasteiger partial charge in [0.05, 0.1) is 11.4 Å². The van der Waals surface area contributed by atoms with Crippen LogP contribution in [0.1, 0.15) is 11.1 Å². The second-order valence-electron chi connectivity index (χ2n) is 9.76. The lowest BCUT2D eigenvalue weighted by molar-refractivity contribution is 1.18. The summed E-state index contributed by atoms with van der Waals surface area (Å²) in [7, 11) is 0. The fourth-order valence-corrected chi connectivity index (χ4v) is 5.15. The maximum Gasteiger partial charge on any atom is 0.160 e. The third-order valence-electron chi connectivity index (χ3n) is 7.06. The van der Waals surface area contributed by atoms with Gasteiger partial charge in [0.25, 0.3) is 0 Å². The highest BCUT2D eigenvalue weighted by atomic mass is 35.5. The zero-order chi connectivity index (χ0) is 26.8. The molecule has 6 aromatic rings. The molecule has 0 saturated heterocycles. The van der Waals surface area contributed by atoms with Crippen LogP contribution in [0, 0.1) is 13.8 Å². The molecule has 39 heavy (non-hydrogen) atoms. The van der Waals surface area contributed by atoms with E-state index in [0.717, 1.165) is 38.7 Å². The molecule has 1 heterocycles. The van der Waals surface area contributed by atoms with E-state index < -0.39 is 0 Å². The van der Waals surface area contributed by atoms with Crippen molar-refractivity contribution in [1.82, 2.24) is 9.97 Å². The SMILES string of the molecule is Cc1cc(Cl)ccc1-c1cc(-c2cc(-c3ccc(-c4ccccc4)cc3)nc(-c3ccccc3)n2)ccc1C. The van der Waals surface area contributed by atoms with Crippen molar-refractivity contribution < 1.29 is 0 Å². The molecule has 1 aromatic heterocycles. The minimum atomic E-state index is 0.708. The van der Waals surface area contributed by atoms with E-state index in [1.165, 1.54) is 27.8 Å². The molecule has 0 aliphatic heterocycles. The summed E-state index contributed by atoms with van der Waals surface area (Å²) in [6, 6.07) is 43.9. The quantitative estimate of drug-likeness (QED) is 0.225. The van der Waals surface area contributed by atoms with Crippen molar-refractivity contribution in [2.75, 3.05) is 0 Å². The molecule has 0 saturated carbocycles. The number of nitrogens with zero attached hydrogens (tertiary/aromatic N) is 2. The van der Waals surface area contributed by atoms with E-state index >= 15 is 0 Å². The van der Waals surface area contributed by atoms with Crippen LogP contribution in [0.5, 0.6) is 0 Å². The van der Waals surface area contributed by atoms with Crippen molar-refractivity contribution in [3.63, 3.8) is 0 Å². The molecule has 0 atom stereocenters.